The summed E-state index contributed by atoms with van der Waals surface area (Å²) < 4.78 is 45.4. The highest BCUT2D eigenvalue weighted by Crippen LogP contribution is 2.29. The predicted octanol–water partition coefficient (Wildman–Crippen LogP) is 2.46. The molecule has 0 aliphatic carbocycles. The number of benzene rings is 2. The maximum atomic E-state index is 12.8. The summed E-state index contributed by atoms with van der Waals surface area (Å²) in [5, 5.41) is 3.20. The Kier molecular flexibility index (Phi) is 5.57. The maximum Gasteiger partial charge on any atom is 0.306 e. The van der Waals surface area contributed by atoms with Crippen LogP contribution in [-0.4, -0.2) is 21.8 Å². The first-order valence-corrected chi connectivity index (χ1v) is 8.70. The van der Waals surface area contributed by atoms with E-state index in [9.17, 15) is 12.8 Å². The number of methoxy groups -OCH3 is 1. The molecule has 23 heavy (non-hydrogen) atoms. The van der Waals surface area contributed by atoms with Crippen LogP contribution in [0, 0.1) is 5.82 Å². The second kappa shape index (κ2) is 7.43. The first-order valence-electron chi connectivity index (χ1n) is 6.89. The lowest BCUT2D eigenvalue weighted by atomic mass is 10.2. The molecule has 5 nitrogen and oxygen atoms in total. The van der Waals surface area contributed by atoms with Crippen molar-refractivity contribution in [1.29, 1.82) is 0 Å². The Hall–Kier alpha value is -2.12. The first-order chi connectivity index (χ1) is 10.9. The van der Waals surface area contributed by atoms with Crippen molar-refractivity contribution in [3.63, 3.8) is 0 Å². The molecule has 0 saturated carbocycles. The lowest BCUT2D eigenvalue weighted by molar-refractivity contribution is 0.391. The average molecular weight is 339 g/mol. The number of ether oxygens (including phenoxy) is 1. The normalized spacial score (nSPS) is 11.3. The van der Waals surface area contributed by atoms with Crippen LogP contribution in [0.1, 0.15) is 11.1 Å². The van der Waals surface area contributed by atoms with E-state index in [4.69, 9.17) is 8.92 Å². The highest BCUT2D eigenvalue weighted by atomic mass is 32.2. The molecule has 0 bridgehead atoms. The molecule has 0 radical (unpaired) electrons. The number of hydrogen-bond donors (Lipinski definition) is 1. The lowest BCUT2D eigenvalue weighted by Crippen LogP contribution is -2.13. The molecule has 0 aliphatic heterocycles. The molecule has 124 valence electrons. The molecule has 1 N–H and O–H groups in total. The van der Waals surface area contributed by atoms with Crippen LogP contribution >= 0.6 is 0 Å². The summed E-state index contributed by atoms with van der Waals surface area (Å²) in [6.45, 7) is 1.07. The molecule has 0 amide bonds. The molecule has 0 heterocycles. The Morgan fingerprint density at radius 1 is 1.00 bits per heavy atom. The van der Waals surface area contributed by atoms with Gasteiger partial charge in [-0.25, -0.2) is 4.39 Å². The van der Waals surface area contributed by atoms with Gasteiger partial charge in [0.1, 0.15) is 5.82 Å². The fraction of sp³-hybridized carbons (Fsp3) is 0.250. The largest absolute Gasteiger partial charge is 0.493 e. The van der Waals surface area contributed by atoms with Gasteiger partial charge in [0.15, 0.2) is 11.5 Å². The average Bonchev–Trinajstić information content (AvgIpc) is 2.48. The fourth-order valence-electron chi connectivity index (χ4n) is 2.01. The van der Waals surface area contributed by atoms with Gasteiger partial charge < -0.3 is 14.2 Å². The summed E-state index contributed by atoms with van der Waals surface area (Å²) in [5.74, 6) is 0.222. The zero-order chi connectivity index (χ0) is 16.9. The van der Waals surface area contributed by atoms with E-state index in [0.29, 0.717) is 18.8 Å². The van der Waals surface area contributed by atoms with Crippen LogP contribution in [0.15, 0.2) is 42.5 Å². The van der Waals surface area contributed by atoms with E-state index >= 15 is 0 Å². The molecule has 0 atom stereocenters. The minimum Gasteiger partial charge on any atom is -0.493 e. The van der Waals surface area contributed by atoms with Gasteiger partial charge in [-0.1, -0.05) is 18.2 Å². The van der Waals surface area contributed by atoms with Crippen molar-refractivity contribution in [2.45, 2.75) is 13.1 Å². The predicted molar refractivity (Wildman–Crippen MR) is 85.4 cm³/mol. The highest BCUT2D eigenvalue weighted by molar-refractivity contribution is 7.86. The first kappa shape index (κ1) is 17.2. The number of rotatable bonds is 7. The van der Waals surface area contributed by atoms with Gasteiger partial charge in [0.05, 0.1) is 13.4 Å². The van der Waals surface area contributed by atoms with Crippen LogP contribution in [0.5, 0.6) is 11.5 Å². The maximum absolute atomic E-state index is 12.8. The van der Waals surface area contributed by atoms with Gasteiger partial charge in [0, 0.05) is 13.1 Å². The molecular weight excluding hydrogens is 321 g/mol. The van der Waals surface area contributed by atoms with Crippen molar-refractivity contribution in [3.05, 3.63) is 59.4 Å². The summed E-state index contributed by atoms with van der Waals surface area (Å²) in [5.41, 5.74) is 1.79. The molecule has 2 rings (SSSR count). The molecule has 0 saturated heterocycles. The number of hydrogen-bond acceptors (Lipinski definition) is 5. The Balaban J connectivity index is 2.02. The third-order valence-corrected chi connectivity index (χ3v) is 3.52. The van der Waals surface area contributed by atoms with Crippen LogP contribution in [0.3, 0.4) is 0 Å². The fourth-order valence-corrected chi connectivity index (χ4v) is 2.47. The molecule has 0 aromatic heterocycles. The third-order valence-electron chi connectivity index (χ3n) is 3.04. The van der Waals surface area contributed by atoms with Crippen molar-refractivity contribution in [1.82, 2.24) is 5.32 Å². The van der Waals surface area contributed by atoms with Crippen molar-refractivity contribution < 1.29 is 21.7 Å². The zero-order valence-electron chi connectivity index (χ0n) is 12.9. The van der Waals surface area contributed by atoms with E-state index in [1.54, 1.807) is 24.3 Å². The summed E-state index contributed by atoms with van der Waals surface area (Å²) in [4.78, 5) is 0. The van der Waals surface area contributed by atoms with Crippen molar-refractivity contribution in [2.75, 3.05) is 13.4 Å². The molecule has 0 unspecified atom stereocenters. The summed E-state index contributed by atoms with van der Waals surface area (Å²) >= 11 is 0. The number of nitrogens with one attached hydrogen (secondary N) is 1. The van der Waals surface area contributed by atoms with Crippen LogP contribution in [-0.2, 0) is 23.2 Å². The molecule has 0 spiro atoms. The summed E-state index contributed by atoms with van der Waals surface area (Å²) in [6.07, 6.45) is 0.978. The Morgan fingerprint density at radius 2 is 1.61 bits per heavy atom. The second-order valence-electron chi connectivity index (χ2n) is 5.00. The van der Waals surface area contributed by atoms with Gasteiger partial charge in [-0.05, 0) is 35.4 Å². The van der Waals surface area contributed by atoms with Crippen LogP contribution < -0.4 is 14.2 Å². The van der Waals surface area contributed by atoms with Gasteiger partial charge in [-0.2, -0.15) is 8.42 Å². The van der Waals surface area contributed by atoms with Gasteiger partial charge in [0.25, 0.3) is 0 Å². The Bertz CT molecular complexity index is 760. The van der Waals surface area contributed by atoms with E-state index in [1.165, 1.54) is 19.2 Å². The smallest absolute Gasteiger partial charge is 0.306 e. The van der Waals surface area contributed by atoms with Gasteiger partial charge in [-0.15, -0.1) is 0 Å². The topological polar surface area (TPSA) is 64.6 Å². The minimum atomic E-state index is -3.63. The van der Waals surface area contributed by atoms with Crippen LogP contribution in [0.25, 0.3) is 0 Å². The molecule has 2 aromatic rings. The monoisotopic (exact) mass is 339 g/mol. The number of halogens is 1. The summed E-state index contributed by atoms with van der Waals surface area (Å²) in [6, 6.07) is 11.3. The minimum absolute atomic E-state index is 0.149. The van der Waals surface area contributed by atoms with Gasteiger partial charge in [0.2, 0.25) is 0 Å². The zero-order valence-corrected chi connectivity index (χ0v) is 13.7. The standard InChI is InChI=1S/C16H18FNO4S/c1-21-15-8-5-13(9-16(15)22-23(2,19)20)11-18-10-12-3-6-14(17)7-4-12/h3-9,18H,10-11H2,1-2H3. The van der Waals surface area contributed by atoms with Crippen molar-refractivity contribution in [2.24, 2.45) is 0 Å². The third kappa shape index (κ3) is 5.54. The second-order valence-corrected chi connectivity index (χ2v) is 6.58. The van der Waals surface area contributed by atoms with E-state index in [-0.39, 0.29) is 11.6 Å². The van der Waals surface area contributed by atoms with Crippen LogP contribution in [0.4, 0.5) is 4.39 Å². The summed E-state index contributed by atoms with van der Waals surface area (Å²) in [7, 11) is -2.19. The van der Waals surface area contributed by atoms with Gasteiger partial charge in [-0.3, -0.25) is 0 Å². The lowest BCUT2D eigenvalue weighted by Gasteiger charge is -2.11. The molecular formula is C16H18FNO4S. The Labute approximate surface area is 135 Å². The molecule has 2 aromatic carbocycles. The van der Waals surface area contributed by atoms with E-state index in [0.717, 1.165) is 17.4 Å². The SMILES string of the molecule is COc1ccc(CNCc2ccc(F)cc2)cc1OS(C)(=O)=O. The van der Waals surface area contributed by atoms with Gasteiger partial charge >= 0.3 is 10.1 Å². The van der Waals surface area contributed by atoms with E-state index in [2.05, 4.69) is 5.32 Å². The van der Waals surface area contributed by atoms with E-state index in [1.807, 2.05) is 6.07 Å². The molecule has 0 fully saturated rings. The van der Waals surface area contributed by atoms with Crippen molar-refractivity contribution >= 4 is 10.1 Å². The quantitative estimate of drug-likeness (QED) is 0.785. The Morgan fingerprint density at radius 3 is 2.22 bits per heavy atom. The molecule has 0 aliphatic rings. The van der Waals surface area contributed by atoms with E-state index < -0.39 is 10.1 Å². The highest BCUT2D eigenvalue weighted by Gasteiger charge is 2.11. The van der Waals surface area contributed by atoms with Crippen molar-refractivity contribution in [3.8, 4) is 11.5 Å². The molecule has 7 heteroatoms. The van der Waals surface area contributed by atoms with Crippen LogP contribution in [0.2, 0.25) is 0 Å².